The second kappa shape index (κ2) is 48.4. The fourth-order valence-corrected chi connectivity index (χ4v) is 9.09. The van der Waals surface area contributed by atoms with Crippen molar-refractivity contribution in [3.63, 3.8) is 0 Å². The maximum Gasteiger partial charge on any atom is -0.0353 e. The zero-order valence-corrected chi connectivity index (χ0v) is 36.0. The SMILES string of the molecule is CCCCCCCCCCCCCCCCCCCCCCCCPCCCCCCCCCCCCCCCCCCCCCCCC. The maximum absolute atomic E-state index is 2.31. The van der Waals surface area contributed by atoms with Gasteiger partial charge in [0.15, 0.2) is 0 Å². The maximum atomic E-state index is 2.31. The van der Waals surface area contributed by atoms with Crippen molar-refractivity contribution in [1.29, 1.82) is 0 Å². The minimum absolute atomic E-state index is 1.25. The van der Waals surface area contributed by atoms with E-state index in [1.54, 1.807) is 0 Å². The van der Waals surface area contributed by atoms with E-state index in [2.05, 4.69) is 13.8 Å². The molecule has 0 radical (unpaired) electrons. The molecule has 0 atom stereocenters. The smallest absolute Gasteiger partial charge is 0.0353 e. The molecule has 0 aromatic heterocycles. The molecule has 0 aromatic carbocycles. The number of hydrogen-bond donors (Lipinski definition) is 0. The predicted octanol–water partition coefficient (Wildman–Crippen LogP) is 18.9. The minimum atomic E-state index is 1.25. The number of hydrogen-bond acceptors (Lipinski definition) is 0. The summed E-state index contributed by atoms with van der Waals surface area (Å²) in [5.41, 5.74) is 0. The van der Waals surface area contributed by atoms with E-state index in [4.69, 9.17) is 0 Å². The van der Waals surface area contributed by atoms with Crippen molar-refractivity contribution in [3.05, 3.63) is 0 Å². The van der Waals surface area contributed by atoms with E-state index in [-0.39, 0.29) is 0 Å². The minimum Gasteiger partial charge on any atom is -0.122 e. The third kappa shape index (κ3) is 48.4. The second-order valence-electron chi connectivity index (χ2n) is 16.6. The molecule has 1 heteroatoms. The lowest BCUT2D eigenvalue weighted by Crippen LogP contribution is -1.86. The first-order valence-corrected chi connectivity index (χ1v) is 25.5. The largest absolute Gasteiger partial charge is 0.122 e. The van der Waals surface area contributed by atoms with Crippen LogP contribution in [0.5, 0.6) is 0 Å². The average molecular weight is 707 g/mol. The van der Waals surface area contributed by atoms with Gasteiger partial charge in [-0.3, -0.25) is 0 Å². The molecule has 0 nitrogen and oxygen atoms in total. The first-order valence-electron chi connectivity index (χ1n) is 24.1. The Bertz CT molecular complexity index is 483. The highest BCUT2D eigenvalue weighted by Crippen LogP contribution is 2.20. The second-order valence-corrected chi connectivity index (χ2v) is 18.1. The summed E-state index contributed by atoms with van der Waals surface area (Å²) in [5, 5.41) is 0. The molecule has 0 spiro atoms. The highest BCUT2D eigenvalue weighted by molar-refractivity contribution is 7.37. The highest BCUT2D eigenvalue weighted by Gasteiger charge is 1.98. The molecule has 0 N–H and O–H groups in total. The van der Waals surface area contributed by atoms with Crippen LogP contribution in [0.2, 0.25) is 0 Å². The molecule has 0 aliphatic rings. The van der Waals surface area contributed by atoms with Gasteiger partial charge in [-0.05, 0) is 25.2 Å². The van der Waals surface area contributed by atoms with Gasteiger partial charge in [0.2, 0.25) is 0 Å². The zero-order valence-electron chi connectivity index (χ0n) is 35.0. The molecule has 0 fully saturated rings. The molecule has 0 saturated heterocycles. The van der Waals surface area contributed by atoms with Crippen LogP contribution in [0.1, 0.15) is 296 Å². The van der Waals surface area contributed by atoms with Gasteiger partial charge in [-0.25, -0.2) is 0 Å². The first kappa shape index (κ1) is 49.4. The van der Waals surface area contributed by atoms with Gasteiger partial charge in [-0.2, -0.15) is 0 Å². The molecule has 0 aliphatic heterocycles. The quantitative estimate of drug-likeness (QED) is 0.0437. The molecular weight excluding hydrogens is 608 g/mol. The molecule has 0 bridgehead atoms. The van der Waals surface area contributed by atoms with Crippen molar-refractivity contribution in [1.82, 2.24) is 0 Å². The summed E-state index contributed by atoms with van der Waals surface area (Å²) in [6.07, 6.45) is 68.5. The fraction of sp³-hybridized carbons (Fsp3) is 1.00. The number of rotatable bonds is 46. The summed E-state index contributed by atoms with van der Waals surface area (Å²) in [5.74, 6) is 0. The molecule has 0 unspecified atom stereocenters. The monoisotopic (exact) mass is 707 g/mol. The lowest BCUT2D eigenvalue weighted by atomic mass is 10.0. The zero-order chi connectivity index (χ0) is 35.2. The summed E-state index contributed by atoms with van der Waals surface area (Å²) in [6.45, 7) is 4.62. The van der Waals surface area contributed by atoms with Crippen LogP contribution in [0, 0.1) is 0 Å². The van der Waals surface area contributed by atoms with Gasteiger partial charge in [0.05, 0.1) is 0 Å². The van der Waals surface area contributed by atoms with E-state index in [1.165, 1.54) is 303 Å². The highest BCUT2D eigenvalue weighted by atomic mass is 31.1. The lowest BCUT2D eigenvalue weighted by molar-refractivity contribution is 0.520. The molecule has 0 aliphatic carbocycles. The van der Waals surface area contributed by atoms with E-state index in [0.29, 0.717) is 0 Å². The van der Waals surface area contributed by atoms with Crippen molar-refractivity contribution in [2.45, 2.75) is 296 Å². The Morgan fingerprint density at radius 1 is 0.163 bits per heavy atom. The van der Waals surface area contributed by atoms with E-state index in [9.17, 15) is 0 Å². The van der Waals surface area contributed by atoms with Gasteiger partial charge in [0, 0.05) is 0 Å². The lowest BCUT2D eigenvalue weighted by Gasteiger charge is -2.05. The molecule has 49 heavy (non-hydrogen) atoms. The van der Waals surface area contributed by atoms with Crippen LogP contribution in [0.15, 0.2) is 0 Å². The van der Waals surface area contributed by atoms with Crippen molar-refractivity contribution in [2.75, 3.05) is 12.3 Å². The van der Waals surface area contributed by atoms with Gasteiger partial charge in [-0.1, -0.05) is 284 Å². The molecule has 0 heterocycles. The van der Waals surface area contributed by atoms with Gasteiger partial charge >= 0.3 is 0 Å². The van der Waals surface area contributed by atoms with Crippen LogP contribution in [-0.2, 0) is 0 Å². The van der Waals surface area contributed by atoms with E-state index >= 15 is 0 Å². The summed E-state index contributed by atoms with van der Waals surface area (Å²) >= 11 is 0. The standard InChI is InChI=1S/C48H99P/c1-3-5-7-9-11-13-15-17-19-21-23-25-27-29-31-33-35-37-39-41-43-45-47-49-48-46-44-42-40-38-36-34-32-30-28-26-24-22-20-18-16-14-12-10-8-6-4-2/h49H,3-48H2,1-2H3. The van der Waals surface area contributed by atoms with Crippen molar-refractivity contribution >= 4 is 8.58 Å². The summed E-state index contributed by atoms with van der Waals surface area (Å²) in [4.78, 5) is 0. The van der Waals surface area contributed by atoms with E-state index < -0.39 is 0 Å². The van der Waals surface area contributed by atoms with Crippen molar-refractivity contribution in [2.24, 2.45) is 0 Å². The normalized spacial score (nSPS) is 11.6. The van der Waals surface area contributed by atoms with Gasteiger partial charge < -0.3 is 0 Å². The van der Waals surface area contributed by atoms with Gasteiger partial charge in [0.1, 0.15) is 0 Å². The summed E-state index contributed by atoms with van der Waals surface area (Å²) < 4.78 is 0. The Labute approximate surface area is 316 Å². The van der Waals surface area contributed by atoms with Crippen LogP contribution < -0.4 is 0 Å². The average Bonchev–Trinajstić information content (AvgIpc) is 3.11. The molecule has 0 rings (SSSR count). The fourth-order valence-electron chi connectivity index (χ4n) is 7.84. The predicted molar refractivity (Wildman–Crippen MR) is 233 cm³/mol. The molecular formula is C48H99P. The Morgan fingerprint density at radius 2 is 0.286 bits per heavy atom. The Morgan fingerprint density at radius 3 is 0.429 bits per heavy atom. The first-order chi connectivity index (χ1) is 24.4. The van der Waals surface area contributed by atoms with Crippen LogP contribution in [0.4, 0.5) is 0 Å². The van der Waals surface area contributed by atoms with Crippen LogP contribution >= 0.6 is 8.58 Å². The van der Waals surface area contributed by atoms with Gasteiger partial charge in [0.25, 0.3) is 0 Å². The summed E-state index contributed by atoms with van der Waals surface area (Å²) in [6, 6.07) is 0. The van der Waals surface area contributed by atoms with Gasteiger partial charge in [-0.15, -0.1) is 8.58 Å². The molecule has 0 saturated carbocycles. The Balaban J connectivity index is 3.04. The van der Waals surface area contributed by atoms with Crippen molar-refractivity contribution < 1.29 is 0 Å². The molecule has 296 valence electrons. The molecule has 0 amide bonds. The topological polar surface area (TPSA) is 0 Å². The number of unbranched alkanes of at least 4 members (excludes halogenated alkanes) is 42. The van der Waals surface area contributed by atoms with E-state index in [0.717, 1.165) is 0 Å². The summed E-state index contributed by atoms with van der Waals surface area (Å²) in [7, 11) is 1.25. The van der Waals surface area contributed by atoms with Crippen LogP contribution in [0.3, 0.4) is 0 Å². The van der Waals surface area contributed by atoms with Crippen LogP contribution in [0.25, 0.3) is 0 Å². The molecule has 0 aromatic rings. The third-order valence-corrected chi connectivity index (χ3v) is 12.8. The van der Waals surface area contributed by atoms with Crippen LogP contribution in [-0.4, -0.2) is 12.3 Å². The Kier molecular flexibility index (Phi) is 48.9. The van der Waals surface area contributed by atoms with Crippen molar-refractivity contribution in [3.8, 4) is 0 Å². The third-order valence-electron chi connectivity index (χ3n) is 11.4. The van der Waals surface area contributed by atoms with E-state index in [1.807, 2.05) is 0 Å². The Hall–Kier alpha value is 0.430.